The molecule has 5 heteroatoms. The molecular formula is C16H24Cl2N2O. The highest BCUT2D eigenvalue weighted by atomic mass is 35.5. The van der Waals surface area contributed by atoms with Crippen LogP contribution in [0.1, 0.15) is 38.8 Å². The van der Waals surface area contributed by atoms with Crippen molar-refractivity contribution in [3.63, 3.8) is 0 Å². The van der Waals surface area contributed by atoms with E-state index < -0.39 is 0 Å². The van der Waals surface area contributed by atoms with Crippen LogP contribution in [-0.2, 0) is 4.79 Å². The summed E-state index contributed by atoms with van der Waals surface area (Å²) in [7, 11) is 3.56. The number of hydrogen-bond donors (Lipinski definition) is 1. The van der Waals surface area contributed by atoms with Gasteiger partial charge < -0.3 is 4.90 Å². The molecule has 1 aromatic rings. The van der Waals surface area contributed by atoms with Crippen molar-refractivity contribution in [1.29, 1.82) is 0 Å². The molecule has 0 aromatic heterocycles. The Balaban J connectivity index is 2.86. The van der Waals surface area contributed by atoms with E-state index in [1.165, 1.54) is 0 Å². The van der Waals surface area contributed by atoms with Crippen LogP contribution in [-0.4, -0.2) is 30.9 Å². The Morgan fingerprint density at radius 3 is 2.29 bits per heavy atom. The van der Waals surface area contributed by atoms with Gasteiger partial charge >= 0.3 is 0 Å². The fourth-order valence-electron chi connectivity index (χ4n) is 2.20. The Bertz CT molecular complexity index is 489. The van der Waals surface area contributed by atoms with Crippen LogP contribution in [0.15, 0.2) is 18.2 Å². The van der Waals surface area contributed by atoms with Crippen molar-refractivity contribution in [3.8, 4) is 0 Å². The van der Waals surface area contributed by atoms with Crippen LogP contribution in [0.2, 0.25) is 10.0 Å². The first kappa shape index (κ1) is 18.3. The second kappa shape index (κ2) is 8.02. The van der Waals surface area contributed by atoms with Gasteiger partial charge in [0, 0.05) is 20.1 Å². The highest BCUT2D eigenvalue weighted by molar-refractivity contribution is 6.42. The Morgan fingerprint density at radius 2 is 1.81 bits per heavy atom. The van der Waals surface area contributed by atoms with Crippen molar-refractivity contribution < 1.29 is 4.79 Å². The Morgan fingerprint density at radius 1 is 1.19 bits per heavy atom. The van der Waals surface area contributed by atoms with Crippen LogP contribution in [0.4, 0.5) is 0 Å². The van der Waals surface area contributed by atoms with E-state index in [0.29, 0.717) is 16.0 Å². The molecule has 3 nitrogen and oxygen atoms in total. The number of amides is 1. The number of likely N-dealkylation sites (N-methyl/N-ethyl adjacent to an activating group) is 1. The van der Waals surface area contributed by atoms with Crippen LogP contribution < -0.4 is 5.32 Å². The molecule has 0 aliphatic heterocycles. The van der Waals surface area contributed by atoms with E-state index in [-0.39, 0.29) is 18.0 Å². The van der Waals surface area contributed by atoms with Crippen molar-refractivity contribution in [3.05, 3.63) is 33.8 Å². The normalized spacial score (nSPS) is 14.1. The number of nitrogens with zero attached hydrogens (tertiary/aromatic N) is 1. The lowest BCUT2D eigenvalue weighted by molar-refractivity contribution is -0.131. The predicted molar refractivity (Wildman–Crippen MR) is 89.9 cm³/mol. The first-order valence-electron chi connectivity index (χ1n) is 7.14. The van der Waals surface area contributed by atoms with Gasteiger partial charge in [-0.3, -0.25) is 10.1 Å². The van der Waals surface area contributed by atoms with Gasteiger partial charge in [0.15, 0.2) is 0 Å². The van der Waals surface area contributed by atoms with Crippen molar-refractivity contribution >= 4 is 29.1 Å². The van der Waals surface area contributed by atoms with Crippen LogP contribution in [0.3, 0.4) is 0 Å². The third-order valence-corrected chi connectivity index (χ3v) is 4.08. The number of benzene rings is 1. The molecule has 0 radical (unpaired) electrons. The SMILES string of the molecule is CC(C)CC(NC(C)c1ccc(Cl)c(Cl)c1)C(=O)N(C)C. The van der Waals surface area contributed by atoms with E-state index in [9.17, 15) is 4.79 Å². The van der Waals surface area contributed by atoms with Gasteiger partial charge in [0.05, 0.1) is 16.1 Å². The van der Waals surface area contributed by atoms with Crippen molar-refractivity contribution in [2.24, 2.45) is 5.92 Å². The minimum Gasteiger partial charge on any atom is -0.347 e. The highest BCUT2D eigenvalue weighted by Gasteiger charge is 2.23. The number of hydrogen-bond acceptors (Lipinski definition) is 2. The summed E-state index contributed by atoms with van der Waals surface area (Å²) in [6.45, 7) is 6.25. The average molecular weight is 331 g/mol. The summed E-state index contributed by atoms with van der Waals surface area (Å²) >= 11 is 12.0. The Hall–Kier alpha value is -0.770. The quantitative estimate of drug-likeness (QED) is 0.849. The second-order valence-corrected chi connectivity index (χ2v) is 6.79. The molecule has 2 unspecified atom stereocenters. The summed E-state index contributed by atoms with van der Waals surface area (Å²) in [6.07, 6.45) is 0.794. The van der Waals surface area contributed by atoms with Gasteiger partial charge in [0.2, 0.25) is 5.91 Å². The van der Waals surface area contributed by atoms with Crippen molar-refractivity contribution in [1.82, 2.24) is 10.2 Å². The first-order valence-corrected chi connectivity index (χ1v) is 7.90. The van der Waals surface area contributed by atoms with Gasteiger partial charge in [0.25, 0.3) is 0 Å². The topological polar surface area (TPSA) is 32.3 Å². The zero-order chi connectivity index (χ0) is 16.2. The monoisotopic (exact) mass is 330 g/mol. The fraction of sp³-hybridized carbons (Fsp3) is 0.562. The molecule has 0 spiro atoms. The summed E-state index contributed by atoms with van der Waals surface area (Å²) in [6, 6.07) is 5.37. The molecule has 0 saturated heterocycles. The molecule has 21 heavy (non-hydrogen) atoms. The van der Waals surface area contributed by atoms with E-state index in [1.54, 1.807) is 25.1 Å². The highest BCUT2D eigenvalue weighted by Crippen LogP contribution is 2.26. The lowest BCUT2D eigenvalue weighted by Gasteiger charge is -2.27. The van der Waals surface area contributed by atoms with Gasteiger partial charge in [-0.15, -0.1) is 0 Å². The zero-order valence-electron chi connectivity index (χ0n) is 13.3. The average Bonchev–Trinajstić information content (AvgIpc) is 2.39. The van der Waals surface area contributed by atoms with Crippen molar-refractivity contribution in [2.75, 3.05) is 14.1 Å². The smallest absolute Gasteiger partial charge is 0.239 e. The van der Waals surface area contributed by atoms with Gasteiger partial charge in [-0.2, -0.15) is 0 Å². The molecule has 1 N–H and O–H groups in total. The molecule has 0 bridgehead atoms. The molecule has 1 amide bonds. The molecular weight excluding hydrogens is 307 g/mol. The molecule has 1 aromatic carbocycles. The lowest BCUT2D eigenvalue weighted by atomic mass is 10.0. The third kappa shape index (κ3) is 5.50. The van der Waals surface area contributed by atoms with Crippen LogP contribution in [0, 0.1) is 5.92 Å². The number of halogens is 2. The largest absolute Gasteiger partial charge is 0.347 e. The van der Waals surface area contributed by atoms with Crippen LogP contribution >= 0.6 is 23.2 Å². The second-order valence-electron chi connectivity index (χ2n) is 5.98. The van der Waals surface area contributed by atoms with Gasteiger partial charge in [-0.25, -0.2) is 0 Å². The van der Waals surface area contributed by atoms with Crippen LogP contribution in [0.5, 0.6) is 0 Å². The maximum atomic E-state index is 12.3. The van der Waals surface area contributed by atoms with Crippen LogP contribution in [0.25, 0.3) is 0 Å². The van der Waals surface area contributed by atoms with E-state index in [0.717, 1.165) is 12.0 Å². The maximum Gasteiger partial charge on any atom is 0.239 e. The molecule has 1 rings (SSSR count). The van der Waals surface area contributed by atoms with E-state index >= 15 is 0 Å². The third-order valence-electron chi connectivity index (χ3n) is 3.34. The number of rotatable bonds is 6. The molecule has 118 valence electrons. The number of carbonyl (C=O) groups is 1. The lowest BCUT2D eigenvalue weighted by Crippen LogP contribution is -2.45. The summed E-state index contributed by atoms with van der Waals surface area (Å²) in [5.41, 5.74) is 1.02. The molecule has 0 fully saturated rings. The standard InChI is InChI=1S/C16H24Cl2N2O/c1-10(2)8-15(16(21)20(4)5)19-11(3)12-6-7-13(17)14(18)9-12/h6-7,9-11,15,19H,8H2,1-5H3. The zero-order valence-corrected chi connectivity index (χ0v) is 14.8. The maximum absolute atomic E-state index is 12.3. The Kier molecular flexibility index (Phi) is 6.98. The van der Waals surface area contributed by atoms with E-state index in [4.69, 9.17) is 23.2 Å². The summed E-state index contributed by atoms with van der Waals surface area (Å²) in [5, 5.41) is 4.47. The molecule has 2 atom stereocenters. The molecule has 0 aliphatic rings. The summed E-state index contributed by atoms with van der Waals surface area (Å²) in [5.74, 6) is 0.531. The summed E-state index contributed by atoms with van der Waals surface area (Å²) in [4.78, 5) is 13.9. The van der Waals surface area contributed by atoms with Gasteiger partial charge in [-0.05, 0) is 37.0 Å². The fourth-order valence-corrected chi connectivity index (χ4v) is 2.51. The van der Waals surface area contributed by atoms with Crippen molar-refractivity contribution in [2.45, 2.75) is 39.3 Å². The predicted octanol–water partition coefficient (Wildman–Crippen LogP) is 4.15. The number of nitrogens with one attached hydrogen (secondary N) is 1. The molecule has 0 saturated carbocycles. The first-order chi connectivity index (χ1) is 9.72. The minimum absolute atomic E-state index is 0.0208. The van der Waals surface area contributed by atoms with E-state index in [2.05, 4.69) is 19.2 Å². The van der Waals surface area contributed by atoms with E-state index in [1.807, 2.05) is 19.1 Å². The molecule has 0 aliphatic carbocycles. The minimum atomic E-state index is -0.204. The van der Waals surface area contributed by atoms with Gasteiger partial charge in [-0.1, -0.05) is 43.1 Å². The van der Waals surface area contributed by atoms with Gasteiger partial charge in [0.1, 0.15) is 0 Å². The number of carbonyl (C=O) groups excluding carboxylic acids is 1. The molecule has 0 heterocycles. The Labute approximate surface area is 137 Å². The summed E-state index contributed by atoms with van der Waals surface area (Å²) < 4.78 is 0.